The van der Waals surface area contributed by atoms with Crippen LogP contribution in [0.5, 0.6) is 5.88 Å². The Morgan fingerprint density at radius 3 is 2.73 bits per heavy atom. The van der Waals surface area contributed by atoms with Gasteiger partial charge in [0.25, 0.3) is 0 Å². The summed E-state index contributed by atoms with van der Waals surface area (Å²) in [6.07, 6.45) is 8.45. The lowest BCUT2D eigenvalue weighted by molar-refractivity contribution is -0.122. The van der Waals surface area contributed by atoms with Gasteiger partial charge in [-0.05, 0) is 84.5 Å². The van der Waals surface area contributed by atoms with Crippen molar-refractivity contribution in [2.45, 2.75) is 88.9 Å². The van der Waals surface area contributed by atoms with E-state index in [9.17, 15) is 10.1 Å². The molecule has 7 rings (SSSR count). The van der Waals surface area contributed by atoms with Crippen LogP contribution in [0, 0.1) is 11.3 Å². The average Bonchev–Trinajstić information content (AvgIpc) is 3.76. The number of nitrogen functional groups attached to an aromatic ring is 1. The van der Waals surface area contributed by atoms with Crippen molar-refractivity contribution in [3.63, 3.8) is 0 Å². The molecule has 1 saturated carbocycles. The zero-order chi connectivity index (χ0) is 30.7. The number of likely N-dealkylation sites (N-methyl/N-ethyl adjacent to an activating group) is 1. The van der Waals surface area contributed by atoms with Crippen molar-refractivity contribution in [3.05, 3.63) is 50.9 Å². The van der Waals surface area contributed by atoms with Gasteiger partial charge in [-0.25, -0.2) is 9.67 Å². The maximum absolute atomic E-state index is 14.5. The maximum atomic E-state index is 14.5. The number of nitriles is 1. The molecule has 4 N–H and O–H groups in total. The van der Waals surface area contributed by atoms with E-state index < -0.39 is 5.41 Å². The lowest BCUT2D eigenvalue weighted by atomic mass is 9.61. The predicted octanol–water partition coefficient (Wildman–Crippen LogP) is 3.68. The number of anilines is 1. The lowest BCUT2D eigenvalue weighted by Crippen LogP contribution is -2.43. The minimum atomic E-state index is -0.793. The SMILES string of the molecule is C[C@H](Oc1cc(-n2cc3c(n2)CN(C)C3)nc(/C(N)=C2\CCC[C@@]3(CCCc4sc(N)c(C#N)c43)C2=O)n1)C1CCCN1C. The number of thiophene rings is 1. The largest absolute Gasteiger partial charge is 0.473 e. The molecule has 1 saturated heterocycles. The van der Waals surface area contributed by atoms with Crippen LogP contribution in [-0.4, -0.2) is 68.1 Å². The fourth-order valence-corrected chi connectivity index (χ4v) is 9.02. The molecule has 44 heavy (non-hydrogen) atoms. The molecule has 2 aliphatic carbocycles. The third-order valence-electron chi connectivity index (χ3n) is 10.00. The van der Waals surface area contributed by atoms with E-state index in [1.165, 1.54) is 11.3 Å². The molecule has 230 valence electrons. The number of aromatic nitrogens is 4. The van der Waals surface area contributed by atoms with Crippen molar-refractivity contribution in [2.75, 3.05) is 26.4 Å². The Balaban J connectivity index is 1.30. The van der Waals surface area contributed by atoms with Crippen LogP contribution in [0.1, 0.15) is 85.0 Å². The Labute approximate surface area is 261 Å². The summed E-state index contributed by atoms with van der Waals surface area (Å²) in [5.41, 5.74) is 16.6. The Bertz CT molecular complexity index is 1690. The Kier molecular flexibility index (Phi) is 7.22. The summed E-state index contributed by atoms with van der Waals surface area (Å²) in [4.78, 5) is 29.7. The number of Topliss-reactive ketones (excluding diaryl/α,β-unsaturated/α-hetero) is 1. The van der Waals surface area contributed by atoms with E-state index in [1.54, 1.807) is 4.68 Å². The molecule has 11 nitrogen and oxygen atoms in total. The molecule has 2 fully saturated rings. The van der Waals surface area contributed by atoms with Crippen molar-refractivity contribution in [1.29, 1.82) is 5.26 Å². The number of hydrogen-bond donors (Lipinski definition) is 2. The molecule has 4 aliphatic rings. The molecule has 2 aliphatic heterocycles. The number of allylic oxidation sites excluding steroid dienone is 1. The fourth-order valence-electron chi connectivity index (χ4n) is 7.86. The number of ketones is 1. The first-order valence-electron chi connectivity index (χ1n) is 15.6. The van der Waals surface area contributed by atoms with E-state index in [2.05, 4.69) is 36.9 Å². The van der Waals surface area contributed by atoms with Gasteiger partial charge in [-0.1, -0.05) is 0 Å². The van der Waals surface area contributed by atoms with Gasteiger partial charge in [0.1, 0.15) is 17.2 Å². The van der Waals surface area contributed by atoms with E-state index in [4.69, 9.17) is 31.3 Å². The van der Waals surface area contributed by atoms with E-state index in [1.807, 2.05) is 12.3 Å². The van der Waals surface area contributed by atoms with Gasteiger partial charge in [0.15, 0.2) is 17.4 Å². The van der Waals surface area contributed by atoms with E-state index in [0.29, 0.717) is 47.1 Å². The summed E-state index contributed by atoms with van der Waals surface area (Å²) in [5, 5.41) is 15.3. The fraction of sp³-hybridized carbons (Fsp3) is 0.531. The van der Waals surface area contributed by atoms with Gasteiger partial charge in [-0.15, -0.1) is 11.3 Å². The minimum absolute atomic E-state index is 0.0324. The van der Waals surface area contributed by atoms with Crippen LogP contribution in [0.25, 0.3) is 11.5 Å². The summed E-state index contributed by atoms with van der Waals surface area (Å²) in [6, 6.07) is 4.39. The highest BCUT2D eigenvalue weighted by molar-refractivity contribution is 7.16. The Morgan fingerprint density at radius 1 is 1.20 bits per heavy atom. The van der Waals surface area contributed by atoms with Crippen LogP contribution >= 0.6 is 11.3 Å². The molecule has 0 aromatic carbocycles. The molecular formula is C32H39N9O2S. The van der Waals surface area contributed by atoms with Crippen molar-refractivity contribution >= 4 is 27.8 Å². The van der Waals surface area contributed by atoms with Crippen molar-refractivity contribution < 1.29 is 9.53 Å². The van der Waals surface area contributed by atoms with Gasteiger partial charge in [-0.2, -0.15) is 15.3 Å². The highest BCUT2D eigenvalue weighted by Crippen LogP contribution is 2.52. The summed E-state index contributed by atoms with van der Waals surface area (Å²) < 4.78 is 8.23. The topological polar surface area (TPSA) is 152 Å². The summed E-state index contributed by atoms with van der Waals surface area (Å²) in [6.45, 7) is 4.71. The number of likely N-dealkylation sites (tertiary alicyclic amines) is 1. The number of ether oxygens (including phenoxy) is 1. The molecule has 12 heteroatoms. The van der Waals surface area contributed by atoms with Crippen LogP contribution in [-0.2, 0) is 29.7 Å². The first-order valence-corrected chi connectivity index (χ1v) is 16.4. The van der Waals surface area contributed by atoms with Gasteiger partial charge >= 0.3 is 0 Å². The van der Waals surface area contributed by atoms with Crippen LogP contribution in [0.3, 0.4) is 0 Å². The molecule has 5 heterocycles. The summed E-state index contributed by atoms with van der Waals surface area (Å²) >= 11 is 1.44. The highest BCUT2D eigenvalue weighted by Gasteiger charge is 2.49. The highest BCUT2D eigenvalue weighted by atomic mass is 32.1. The first kappa shape index (κ1) is 29.0. The normalized spacial score (nSPS) is 25.6. The number of aryl methyl sites for hydroxylation is 1. The van der Waals surface area contributed by atoms with E-state index in [0.717, 1.165) is 73.4 Å². The van der Waals surface area contributed by atoms with Crippen LogP contribution in [0.15, 0.2) is 17.8 Å². The maximum Gasteiger partial charge on any atom is 0.219 e. The number of nitrogens with two attached hydrogens (primary N) is 2. The molecular weight excluding hydrogens is 574 g/mol. The van der Waals surface area contributed by atoms with E-state index in [-0.39, 0.29) is 29.5 Å². The number of hydrogen-bond acceptors (Lipinski definition) is 11. The van der Waals surface area contributed by atoms with Crippen LogP contribution in [0.4, 0.5) is 5.00 Å². The number of fused-ring (bicyclic) bond motifs is 3. The number of carbonyl (C=O) groups is 1. The second kappa shape index (κ2) is 11.0. The smallest absolute Gasteiger partial charge is 0.219 e. The standard InChI is InChI=1S/C32H39N9O2S/c1-18(23-8-6-12-40(23)3)43-26-13-25(41-16-19-15-39(2)17-22(19)38-41)36-31(37-26)28(34)20-7-4-10-32(29(20)42)11-5-9-24-27(32)21(14-33)30(35)44-24/h13,16,18,23H,4-12,15,17,34-35H2,1-3H3/b28-20-/t18-,23?,32-/m0/s1. The van der Waals surface area contributed by atoms with Gasteiger partial charge in [0, 0.05) is 47.4 Å². The number of rotatable bonds is 5. The summed E-state index contributed by atoms with van der Waals surface area (Å²) in [7, 11) is 4.20. The average molecular weight is 614 g/mol. The molecule has 1 spiro atoms. The zero-order valence-electron chi connectivity index (χ0n) is 25.6. The summed E-state index contributed by atoms with van der Waals surface area (Å²) in [5.74, 6) is 1.19. The van der Waals surface area contributed by atoms with Crippen molar-refractivity contribution in [2.24, 2.45) is 5.73 Å². The Hall–Kier alpha value is -3.79. The minimum Gasteiger partial charge on any atom is -0.473 e. The van der Waals surface area contributed by atoms with Crippen molar-refractivity contribution in [3.8, 4) is 17.8 Å². The zero-order valence-corrected chi connectivity index (χ0v) is 26.4. The lowest BCUT2D eigenvalue weighted by Gasteiger charge is -2.40. The third-order valence-corrected chi connectivity index (χ3v) is 11.1. The predicted molar refractivity (Wildman–Crippen MR) is 168 cm³/mol. The quantitative estimate of drug-likeness (QED) is 0.408. The molecule has 0 amide bonds. The molecule has 0 bridgehead atoms. The molecule has 3 aromatic heterocycles. The number of nitrogens with zero attached hydrogens (tertiary/aromatic N) is 7. The molecule has 0 radical (unpaired) electrons. The van der Waals surface area contributed by atoms with Crippen molar-refractivity contribution in [1.82, 2.24) is 29.5 Å². The van der Waals surface area contributed by atoms with Crippen LogP contribution < -0.4 is 16.2 Å². The van der Waals surface area contributed by atoms with Gasteiger partial charge < -0.3 is 16.2 Å². The van der Waals surface area contributed by atoms with E-state index >= 15 is 0 Å². The van der Waals surface area contributed by atoms with Gasteiger partial charge in [0.05, 0.1) is 22.4 Å². The second-order valence-corrected chi connectivity index (χ2v) is 14.0. The monoisotopic (exact) mass is 613 g/mol. The molecule has 3 aromatic rings. The Morgan fingerprint density at radius 2 is 2.00 bits per heavy atom. The van der Waals surface area contributed by atoms with Crippen LogP contribution in [0.2, 0.25) is 0 Å². The second-order valence-electron chi connectivity index (χ2n) is 12.9. The third kappa shape index (κ3) is 4.69. The number of carbonyl (C=O) groups excluding carboxylic acids is 1. The van der Waals surface area contributed by atoms with Gasteiger partial charge in [0.2, 0.25) is 5.88 Å². The van der Waals surface area contributed by atoms with Gasteiger partial charge in [-0.3, -0.25) is 14.6 Å². The molecule has 1 unspecified atom stereocenters. The first-order chi connectivity index (χ1) is 21.2. The molecule has 3 atom stereocenters.